The van der Waals surface area contributed by atoms with Gasteiger partial charge in [-0.25, -0.2) is 9.97 Å². The van der Waals surface area contributed by atoms with E-state index in [-0.39, 0.29) is 12.0 Å². The first kappa shape index (κ1) is 11.5. The number of aromatic nitrogens is 2. The lowest BCUT2D eigenvalue weighted by Crippen LogP contribution is -2.27. The zero-order valence-electron chi connectivity index (χ0n) is 8.86. The minimum atomic E-state index is -0.354. The SMILES string of the molecule is Cc1nc(NC(=O)[C@H]2CCCO2)ncc1Br. The number of amides is 1. The van der Waals surface area contributed by atoms with E-state index in [1.54, 1.807) is 6.20 Å². The Bertz CT molecular complexity index is 405. The molecule has 1 saturated heterocycles. The van der Waals surface area contributed by atoms with Crippen LogP contribution >= 0.6 is 15.9 Å². The molecule has 0 saturated carbocycles. The van der Waals surface area contributed by atoms with E-state index < -0.39 is 0 Å². The fourth-order valence-electron chi connectivity index (χ4n) is 1.49. The molecule has 0 spiro atoms. The van der Waals surface area contributed by atoms with Gasteiger partial charge in [0.25, 0.3) is 5.91 Å². The van der Waals surface area contributed by atoms with Crippen molar-refractivity contribution >= 4 is 27.8 Å². The van der Waals surface area contributed by atoms with Crippen LogP contribution in [0.4, 0.5) is 5.95 Å². The molecule has 1 aromatic heterocycles. The summed E-state index contributed by atoms with van der Waals surface area (Å²) >= 11 is 3.30. The second kappa shape index (κ2) is 4.88. The average Bonchev–Trinajstić information content (AvgIpc) is 2.77. The minimum Gasteiger partial charge on any atom is -0.368 e. The van der Waals surface area contributed by atoms with Crippen LogP contribution in [-0.2, 0) is 9.53 Å². The van der Waals surface area contributed by atoms with Crippen molar-refractivity contribution < 1.29 is 9.53 Å². The maximum absolute atomic E-state index is 11.7. The summed E-state index contributed by atoms with van der Waals surface area (Å²) in [6.45, 7) is 2.49. The van der Waals surface area contributed by atoms with E-state index >= 15 is 0 Å². The number of hydrogen-bond donors (Lipinski definition) is 1. The molecule has 1 atom stereocenters. The van der Waals surface area contributed by atoms with Gasteiger partial charge in [0.15, 0.2) is 0 Å². The molecule has 1 aromatic rings. The van der Waals surface area contributed by atoms with Gasteiger partial charge in [-0.2, -0.15) is 0 Å². The predicted molar refractivity (Wildman–Crippen MR) is 62.1 cm³/mol. The molecule has 1 N–H and O–H groups in total. The highest BCUT2D eigenvalue weighted by Crippen LogP contribution is 2.16. The van der Waals surface area contributed by atoms with E-state index in [1.165, 1.54) is 0 Å². The van der Waals surface area contributed by atoms with Gasteiger partial charge in [-0.1, -0.05) is 0 Å². The van der Waals surface area contributed by atoms with Gasteiger partial charge in [-0.3, -0.25) is 10.1 Å². The Kier molecular flexibility index (Phi) is 3.50. The summed E-state index contributed by atoms with van der Waals surface area (Å²) in [6, 6.07) is 0. The van der Waals surface area contributed by atoms with Gasteiger partial charge in [0.05, 0.1) is 10.2 Å². The number of carbonyl (C=O) groups is 1. The van der Waals surface area contributed by atoms with Crippen LogP contribution in [0, 0.1) is 6.92 Å². The Hall–Kier alpha value is -1.01. The predicted octanol–water partition coefficient (Wildman–Crippen LogP) is 1.67. The van der Waals surface area contributed by atoms with E-state index in [9.17, 15) is 4.79 Å². The van der Waals surface area contributed by atoms with E-state index in [0.717, 1.165) is 23.0 Å². The van der Waals surface area contributed by atoms with Crippen molar-refractivity contribution in [1.29, 1.82) is 0 Å². The molecular formula is C10H12BrN3O2. The van der Waals surface area contributed by atoms with Gasteiger partial charge in [-0.05, 0) is 35.7 Å². The van der Waals surface area contributed by atoms with Crippen LogP contribution in [0.2, 0.25) is 0 Å². The number of carbonyl (C=O) groups excluding carboxylic acids is 1. The number of hydrogen-bond acceptors (Lipinski definition) is 4. The molecule has 2 heterocycles. The molecule has 0 radical (unpaired) electrons. The first-order valence-corrected chi connectivity index (χ1v) is 5.88. The molecule has 5 nitrogen and oxygen atoms in total. The van der Waals surface area contributed by atoms with Gasteiger partial charge < -0.3 is 4.74 Å². The van der Waals surface area contributed by atoms with Crippen LogP contribution in [0.1, 0.15) is 18.5 Å². The molecule has 0 aliphatic carbocycles. The fourth-order valence-corrected chi connectivity index (χ4v) is 1.68. The Labute approximate surface area is 102 Å². The highest BCUT2D eigenvalue weighted by molar-refractivity contribution is 9.10. The maximum atomic E-state index is 11.7. The molecule has 0 unspecified atom stereocenters. The second-order valence-electron chi connectivity index (χ2n) is 3.62. The molecule has 16 heavy (non-hydrogen) atoms. The first-order valence-electron chi connectivity index (χ1n) is 5.08. The van der Waals surface area contributed by atoms with Crippen molar-refractivity contribution in [2.45, 2.75) is 25.9 Å². The Morgan fingerprint density at radius 3 is 3.12 bits per heavy atom. The molecule has 0 bridgehead atoms. The Morgan fingerprint density at radius 2 is 2.50 bits per heavy atom. The zero-order valence-corrected chi connectivity index (χ0v) is 10.5. The average molecular weight is 286 g/mol. The first-order chi connectivity index (χ1) is 7.66. The van der Waals surface area contributed by atoms with Gasteiger partial charge in [0.1, 0.15) is 6.10 Å². The van der Waals surface area contributed by atoms with Crippen molar-refractivity contribution in [3.05, 3.63) is 16.4 Å². The van der Waals surface area contributed by atoms with Crippen molar-refractivity contribution in [1.82, 2.24) is 9.97 Å². The van der Waals surface area contributed by atoms with Crippen molar-refractivity contribution in [3.8, 4) is 0 Å². The smallest absolute Gasteiger partial charge is 0.255 e. The summed E-state index contributed by atoms with van der Waals surface area (Å²) in [5.74, 6) is 0.153. The van der Waals surface area contributed by atoms with Crippen molar-refractivity contribution in [2.75, 3.05) is 11.9 Å². The quantitative estimate of drug-likeness (QED) is 0.898. The maximum Gasteiger partial charge on any atom is 0.255 e. The van der Waals surface area contributed by atoms with Crippen LogP contribution in [-0.4, -0.2) is 28.6 Å². The molecule has 86 valence electrons. The van der Waals surface area contributed by atoms with E-state index in [4.69, 9.17) is 4.74 Å². The van der Waals surface area contributed by atoms with Crippen LogP contribution < -0.4 is 5.32 Å². The molecular weight excluding hydrogens is 274 g/mol. The third-order valence-corrected chi connectivity index (χ3v) is 3.16. The number of aryl methyl sites for hydroxylation is 1. The topological polar surface area (TPSA) is 64.1 Å². The lowest BCUT2D eigenvalue weighted by Gasteiger charge is -2.09. The molecule has 1 aliphatic heterocycles. The molecule has 2 rings (SSSR count). The van der Waals surface area contributed by atoms with Crippen LogP contribution in [0.3, 0.4) is 0 Å². The van der Waals surface area contributed by atoms with E-state index in [2.05, 4.69) is 31.2 Å². The van der Waals surface area contributed by atoms with E-state index in [0.29, 0.717) is 12.6 Å². The van der Waals surface area contributed by atoms with Gasteiger partial charge >= 0.3 is 0 Å². The van der Waals surface area contributed by atoms with Crippen LogP contribution in [0.15, 0.2) is 10.7 Å². The number of nitrogens with zero attached hydrogens (tertiary/aromatic N) is 2. The van der Waals surface area contributed by atoms with Crippen molar-refractivity contribution in [3.63, 3.8) is 0 Å². The summed E-state index contributed by atoms with van der Waals surface area (Å²) in [6.07, 6.45) is 2.96. The van der Waals surface area contributed by atoms with Crippen LogP contribution in [0.25, 0.3) is 0 Å². The van der Waals surface area contributed by atoms with Crippen molar-refractivity contribution in [2.24, 2.45) is 0 Å². The summed E-state index contributed by atoms with van der Waals surface area (Å²) in [5.41, 5.74) is 0.789. The highest BCUT2D eigenvalue weighted by atomic mass is 79.9. The minimum absolute atomic E-state index is 0.167. The third-order valence-electron chi connectivity index (χ3n) is 2.38. The summed E-state index contributed by atoms with van der Waals surface area (Å²) in [5, 5.41) is 2.64. The Balaban J connectivity index is 2.02. The van der Waals surface area contributed by atoms with Gasteiger partial charge in [0.2, 0.25) is 5.95 Å². The van der Waals surface area contributed by atoms with Gasteiger partial charge in [-0.15, -0.1) is 0 Å². The molecule has 6 heteroatoms. The van der Waals surface area contributed by atoms with Crippen LogP contribution in [0.5, 0.6) is 0 Å². The zero-order chi connectivity index (χ0) is 11.5. The number of nitrogens with one attached hydrogen (secondary N) is 1. The largest absolute Gasteiger partial charge is 0.368 e. The van der Waals surface area contributed by atoms with E-state index in [1.807, 2.05) is 6.92 Å². The fraction of sp³-hybridized carbons (Fsp3) is 0.500. The lowest BCUT2D eigenvalue weighted by molar-refractivity contribution is -0.124. The third kappa shape index (κ3) is 2.56. The molecule has 1 aliphatic rings. The molecule has 0 aromatic carbocycles. The highest BCUT2D eigenvalue weighted by Gasteiger charge is 2.24. The second-order valence-corrected chi connectivity index (χ2v) is 4.47. The summed E-state index contributed by atoms with van der Waals surface area (Å²) < 4.78 is 6.09. The lowest BCUT2D eigenvalue weighted by atomic mass is 10.2. The standard InChI is InChI=1S/C10H12BrN3O2/c1-6-7(11)5-12-10(13-6)14-9(15)8-3-2-4-16-8/h5,8H,2-4H2,1H3,(H,12,13,14,15)/t8-/m1/s1. The normalized spacial score (nSPS) is 19.8. The number of rotatable bonds is 2. The monoisotopic (exact) mass is 285 g/mol. The number of halogens is 1. The molecule has 1 fully saturated rings. The Morgan fingerprint density at radius 1 is 1.69 bits per heavy atom. The molecule has 1 amide bonds. The summed E-state index contributed by atoms with van der Waals surface area (Å²) in [4.78, 5) is 19.8. The number of anilines is 1. The van der Waals surface area contributed by atoms with Gasteiger partial charge in [0, 0.05) is 12.8 Å². The number of ether oxygens (including phenoxy) is 1. The summed E-state index contributed by atoms with van der Waals surface area (Å²) in [7, 11) is 0.